The summed E-state index contributed by atoms with van der Waals surface area (Å²) in [5, 5.41) is 25.6. The number of aryl methyl sites for hydroxylation is 4. The first-order valence-corrected chi connectivity index (χ1v) is 16.8. The topological polar surface area (TPSA) is 187 Å². The van der Waals surface area contributed by atoms with Crippen LogP contribution in [0.3, 0.4) is 0 Å². The highest BCUT2D eigenvalue weighted by Crippen LogP contribution is 2.38. The molecule has 13 nitrogen and oxygen atoms in total. The van der Waals surface area contributed by atoms with E-state index in [0.29, 0.717) is 53.3 Å². The molecule has 0 atom stereocenters. The standard InChI is InChI=1S/C34H43N5O6.C2H7NO/c1-19-16-28(44-5)25(18-27(19)43-4)32-36-34(38-39(32)15-14-22-10-8-7-9-11-22)37-33(42)26-17-24-20(2)21(3)31(45-6)23(30(24)35-26)12-13-29(40)41;3-1-2-4/h16-18,22,35H,7-15H2,1-6H3,(H,40,41)(H,37,38,42);4H,1-3H2. The van der Waals surface area contributed by atoms with E-state index in [9.17, 15) is 14.7 Å². The van der Waals surface area contributed by atoms with Crippen molar-refractivity contribution >= 4 is 28.7 Å². The molecule has 4 aromatic rings. The zero-order valence-corrected chi connectivity index (χ0v) is 29.4. The number of carbonyl (C=O) groups is 2. The van der Waals surface area contributed by atoms with E-state index in [0.717, 1.165) is 39.6 Å². The largest absolute Gasteiger partial charge is 0.496 e. The number of aliphatic hydroxyl groups excluding tert-OH is 1. The van der Waals surface area contributed by atoms with Crippen molar-refractivity contribution in [2.24, 2.45) is 11.7 Å². The normalized spacial score (nSPS) is 13.1. The quantitative estimate of drug-likeness (QED) is 0.120. The van der Waals surface area contributed by atoms with Crippen LogP contribution in [0, 0.1) is 26.7 Å². The maximum Gasteiger partial charge on any atom is 0.303 e. The molecule has 49 heavy (non-hydrogen) atoms. The van der Waals surface area contributed by atoms with Crippen LogP contribution in [-0.2, 0) is 17.8 Å². The van der Waals surface area contributed by atoms with Gasteiger partial charge in [0.1, 0.15) is 22.9 Å². The van der Waals surface area contributed by atoms with E-state index < -0.39 is 11.9 Å². The maximum absolute atomic E-state index is 13.6. The molecule has 1 fully saturated rings. The van der Waals surface area contributed by atoms with Gasteiger partial charge < -0.3 is 35.1 Å². The Balaban J connectivity index is 0.00000128. The highest BCUT2D eigenvalue weighted by atomic mass is 16.5. The lowest BCUT2D eigenvalue weighted by atomic mass is 9.87. The van der Waals surface area contributed by atoms with E-state index in [1.54, 1.807) is 27.4 Å². The number of rotatable bonds is 13. The summed E-state index contributed by atoms with van der Waals surface area (Å²) < 4.78 is 18.9. The summed E-state index contributed by atoms with van der Waals surface area (Å²) in [4.78, 5) is 33.0. The summed E-state index contributed by atoms with van der Waals surface area (Å²) in [6, 6.07) is 5.60. The van der Waals surface area contributed by atoms with Gasteiger partial charge in [-0.25, -0.2) is 4.68 Å². The second-order valence-electron chi connectivity index (χ2n) is 12.4. The van der Waals surface area contributed by atoms with Crippen LogP contribution in [-0.4, -0.2) is 76.3 Å². The Hall–Kier alpha value is -4.62. The van der Waals surface area contributed by atoms with Crippen LogP contribution < -0.4 is 25.3 Å². The third-order valence-corrected chi connectivity index (χ3v) is 9.20. The number of nitrogens with zero attached hydrogens (tertiary/aromatic N) is 3. The Bertz CT molecular complexity index is 1750. The molecule has 1 amide bonds. The SMILES string of the molecule is COc1cc(-c2nc(NC(=O)c3cc4c(C)c(C)c(OC)c(CCC(=O)O)c4[nH]3)nn2CCC2CCCCC2)c(OC)cc1C.NCCO. The minimum Gasteiger partial charge on any atom is -0.496 e. The van der Waals surface area contributed by atoms with E-state index in [4.69, 9.17) is 35.1 Å². The fourth-order valence-electron chi connectivity index (χ4n) is 6.49. The zero-order chi connectivity index (χ0) is 35.7. The third kappa shape index (κ3) is 8.70. The first-order valence-electron chi connectivity index (χ1n) is 16.8. The molecule has 0 radical (unpaired) electrons. The van der Waals surface area contributed by atoms with E-state index in [-0.39, 0.29) is 25.4 Å². The molecule has 2 heterocycles. The molecule has 1 aliphatic carbocycles. The highest BCUT2D eigenvalue weighted by molar-refractivity contribution is 6.06. The molecule has 0 saturated heterocycles. The average Bonchev–Trinajstić information content (AvgIpc) is 3.73. The molecular formula is C36H50N6O7. The van der Waals surface area contributed by atoms with Gasteiger partial charge in [-0.15, -0.1) is 5.10 Å². The summed E-state index contributed by atoms with van der Waals surface area (Å²) in [5.41, 5.74) is 10.0. The molecule has 2 aromatic carbocycles. The van der Waals surface area contributed by atoms with Crippen LogP contribution in [0.25, 0.3) is 22.3 Å². The van der Waals surface area contributed by atoms with E-state index in [2.05, 4.69) is 10.3 Å². The molecule has 0 bridgehead atoms. The number of amides is 1. The second-order valence-corrected chi connectivity index (χ2v) is 12.4. The van der Waals surface area contributed by atoms with Gasteiger partial charge in [-0.2, -0.15) is 4.98 Å². The number of nitrogens with two attached hydrogens (primary N) is 1. The molecule has 1 saturated carbocycles. The predicted molar refractivity (Wildman–Crippen MR) is 189 cm³/mol. The van der Waals surface area contributed by atoms with Crippen LogP contribution in [0.15, 0.2) is 18.2 Å². The minimum atomic E-state index is -0.906. The van der Waals surface area contributed by atoms with Crippen LogP contribution in [0.1, 0.15) is 77.7 Å². The number of aromatic amines is 1. The van der Waals surface area contributed by atoms with E-state index in [1.807, 2.05) is 37.6 Å². The molecule has 0 spiro atoms. The van der Waals surface area contributed by atoms with E-state index >= 15 is 0 Å². The number of carboxylic acid groups (broad SMARTS) is 1. The smallest absolute Gasteiger partial charge is 0.303 e. The summed E-state index contributed by atoms with van der Waals surface area (Å²) in [6.45, 7) is 6.97. The summed E-state index contributed by atoms with van der Waals surface area (Å²) in [5.74, 6) is 2.05. The number of benzene rings is 2. The molecular weight excluding hydrogens is 628 g/mol. The molecule has 6 N–H and O–H groups in total. The number of aliphatic carboxylic acids is 1. The van der Waals surface area contributed by atoms with Gasteiger partial charge in [-0.3, -0.25) is 14.9 Å². The van der Waals surface area contributed by atoms with Gasteiger partial charge in [-0.05, 0) is 74.4 Å². The number of methoxy groups -OCH3 is 3. The third-order valence-electron chi connectivity index (χ3n) is 9.20. The zero-order valence-electron chi connectivity index (χ0n) is 29.4. The Labute approximate surface area is 287 Å². The van der Waals surface area contributed by atoms with Crippen molar-refractivity contribution < 1.29 is 34.0 Å². The number of ether oxygens (including phenoxy) is 3. The number of aliphatic hydroxyl groups is 1. The second kappa shape index (κ2) is 17.2. The number of nitrogens with one attached hydrogen (secondary N) is 2. The number of anilines is 1. The Morgan fingerprint density at radius 1 is 1.02 bits per heavy atom. The fraction of sp³-hybridized carbons (Fsp3) is 0.500. The highest BCUT2D eigenvalue weighted by Gasteiger charge is 2.24. The number of H-pyrrole nitrogens is 1. The average molecular weight is 679 g/mol. The minimum absolute atomic E-state index is 0.0627. The number of hydrogen-bond acceptors (Lipinski definition) is 9. The molecule has 266 valence electrons. The number of hydrogen-bond donors (Lipinski definition) is 5. The molecule has 0 aliphatic heterocycles. The van der Waals surface area contributed by atoms with Crippen molar-refractivity contribution in [1.29, 1.82) is 0 Å². The van der Waals surface area contributed by atoms with Crippen molar-refractivity contribution in [2.45, 2.75) is 78.7 Å². The van der Waals surface area contributed by atoms with Crippen molar-refractivity contribution in [3.63, 3.8) is 0 Å². The fourth-order valence-corrected chi connectivity index (χ4v) is 6.49. The van der Waals surface area contributed by atoms with Gasteiger partial charge in [-0.1, -0.05) is 32.1 Å². The van der Waals surface area contributed by atoms with Crippen molar-refractivity contribution in [3.8, 4) is 28.6 Å². The van der Waals surface area contributed by atoms with E-state index in [1.165, 1.54) is 32.1 Å². The lowest BCUT2D eigenvalue weighted by Gasteiger charge is -2.21. The van der Waals surface area contributed by atoms with Gasteiger partial charge in [0.2, 0.25) is 5.95 Å². The summed E-state index contributed by atoms with van der Waals surface area (Å²) in [7, 11) is 4.82. The molecule has 0 unspecified atom stereocenters. The number of carboxylic acids is 1. The van der Waals surface area contributed by atoms with Crippen LogP contribution >= 0.6 is 0 Å². The first-order chi connectivity index (χ1) is 23.6. The van der Waals surface area contributed by atoms with Crippen molar-refractivity contribution in [3.05, 3.63) is 46.1 Å². The van der Waals surface area contributed by atoms with Crippen molar-refractivity contribution in [2.75, 3.05) is 39.8 Å². The molecule has 5 rings (SSSR count). The first kappa shape index (κ1) is 37.2. The Morgan fingerprint density at radius 2 is 1.71 bits per heavy atom. The number of fused-ring (bicyclic) bond motifs is 1. The lowest BCUT2D eigenvalue weighted by molar-refractivity contribution is -0.136. The Kier molecular flexibility index (Phi) is 13.0. The van der Waals surface area contributed by atoms with Crippen LogP contribution in [0.4, 0.5) is 5.95 Å². The Morgan fingerprint density at radius 3 is 2.33 bits per heavy atom. The van der Waals surface area contributed by atoms with Gasteiger partial charge >= 0.3 is 5.97 Å². The molecule has 1 aliphatic rings. The number of carbonyl (C=O) groups excluding carboxylic acids is 1. The molecule has 13 heteroatoms. The number of aromatic nitrogens is 4. The van der Waals surface area contributed by atoms with Crippen molar-refractivity contribution in [1.82, 2.24) is 19.7 Å². The summed E-state index contributed by atoms with van der Waals surface area (Å²) in [6.07, 6.45) is 7.41. The van der Waals surface area contributed by atoms with Crippen LogP contribution in [0.5, 0.6) is 17.2 Å². The van der Waals surface area contributed by atoms with Gasteiger partial charge in [0.05, 0.1) is 39.0 Å². The monoisotopic (exact) mass is 678 g/mol. The summed E-state index contributed by atoms with van der Waals surface area (Å²) >= 11 is 0. The maximum atomic E-state index is 13.6. The molecule has 2 aromatic heterocycles. The van der Waals surface area contributed by atoms with Crippen LogP contribution in [0.2, 0.25) is 0 Å². The lowest BCUT2D eigenvalue weighted by Crippen LogP contribution is -2.14. The van der Waals surface area contributed by atoms with Gasteiger partial charge in [0.15, 0.2) is 5.82 Å². The predicted octanol–water partition coefficient (Wildman–Crippen LogP) is 5.55. The van der Waals surface area contributed by atoms with Gasteiger partial charge in [0, 0.05) is 30.5 Å². The van der Waals surface area contributed by atoms with Gasteiger partial charge in [0.25, 0.3) is 5.91 Å².